The molecule has 0 aliphatic heterocycles. The van der Waals surface area contributed by atoms with E-state index in [0.717, 1.165) is 38.9 Å². The van der Waals surface area contributed by atoms with Gasteiger partial charge in [-0.2, -0.15) is 0 Å². The number of nitrogens with one attached hydrogen (secondary N) is 1. The molecule has 0 aliphatic rings. The molecular weight excluding hydrogens is 510 g/mol. The van der Waals surface area contributed by atoms with Crippen molar-refractivity contribution in [2.24, 2.45) is 5.14 Å². The Hall–Kier alpha value is -4.40. The van der Waals surface area contributed by atoms with Gasteiger partial charge in [-0.05, 0) is 72.5 Å². The number of sulfonamides is 1. The molecule has 1 aromatic heterocycles. The van der Waals surface area contributed by atoms with Crippen molar-refractivity contribution in [2.45, 2.75) is 31.8 Å². The zero-order valence-corrected chi connectivity index (χ0v) is 22.5. The molecule has 0 atom stereocenters. The first-order valence-electron chi connectivity index (χ1n) is 12.5. The average Bonchev–Trinajstić information content (AvgIpc) is 3.16. The van der Waals surface area contributed by atoms with Crippen molar-refractivity contribution >= 4 is 26.8 Å². The summed E-state index contributed by atoms with van der Waals surface area (Å²) in [4.78, 5) is 12.9. The van der Waals surface area contributed by atoms with Crippen molar-refractivity contribution < 1.29 is 18.3 Å². The Labute approximate surface area is 227 Å². The fourth-order valence-corrected chi connectivity index (χ4v) is 5.63. The van der Waals surface area contributed by atoms with E-state index in [1.165, 1.54) is 6.07 Å². The third-order valence-corrected chi connectivity index (χ3v) is 8.03. The van der Waals surface area contributed by atoms with Crippen LogP contribution in [0, 0.1) is 13.8 Å². The number of phenolic OH excluding ortho intramolecular Hbond substituents is 1. The van der Waals surface area contributed by atoms with E-state index in [9.17, 15) is 18.3 Å². The smallest absolute Gasteiger partial charge is 0.251 e. The van der Waals surface area contributed by atoms with E-state index in [-0.39, 0.29) is 16.6 Å². The van der Waals surface area contributed by atoms with E-state index in [2.05, 4.69) is 23.7 Å². The molecule has 0 unspecified atom stereocenters. The molecule has 4 aromatic carbocycles. The van der Waals surface area contributed by atoms with Crippen molar-refractivity contribution in [3.63, 3.8) is 0 Å². The van der Waals surface area contributed by atoms with Gasteiger partial charge in [0.1, 0.15) is 5.75 Å². The second kappa shape index (κ2) is 10.4. The Balaban J connectivity index is 1.38. The molecule has 5 rings (SSSR count). The zero-order valence-electron chi connectivity index (χ0n) is 21.7. The molecule has 0 radical (unpaired) electrons. The van der Waals surface area contributed by atoms with E-state index >= 15 is 0 Å². The quantitative estimate of drug-likeness (QED) is 0.262. The lowest BCUT2D eigenvalue weighted by molar-refractivity contribution is 0.0951. The molecule has 0 spiro atoms. The Bertz CT molecular complexity index is 1810. The van der Waals surface area contributed by atoms with E-state index < -0.39 is 10.0 Å². The number of primary sulfonamides is 1. The van der Waals surface area contributed by atoms with Crippen LogP contribution in [0.4, 0.5) is 0 Å². The van der Waals surface area contributed by atoms with Crippen LogP contribution in [0.15, 0.2) is 95.9 Å². The number of rotatable bonds is 7. The molecule has 0 saturated heterocycles. The Kier molecular flexibility index (Phi) is 6.99. The van der Waals surface area contributed by atoms with E-state index in [0.29, 0.717) is 24.2 Å². The number of carbonyl (C=O) groups excluding carboxylic acids is 1. The Morgan fingerprint density at radius 2 is 1.64 bits per heavy atom. The number of fused-ring (bicyclic) bond motifs is 1. The number of aromatic hydroxyl groups is 1. The first-order valence-corrected chi connectivity index (χ1v) is 14.0. The van der Waals surface area contributed by atoms with Gasteiger partial charge in [0.2, 0.25) is 10.0 Å². The Morgan fingerprint density at radius 3 is 2.36 bits per heavy atom. The molecule has 0 bridgehead atoms. The topological polar surface area (TPSA) is 114 Å². The molecule has 4 N–H and O–H groups in total. The fourth-order valence-electron chi connectivity index (χ4n) is 4.87. The highest BCUT2D eigenvalue weighted by Gasteiger charge is 2.16. The van der Waals surface area contributed by atoms with Crippen LogP contribution in [0.25, 0.3) is 22.0 Å². The van der Waals surface area contributed by atoms with Gasteiger partial charge in [0.25, 0.3) is 5.91 Å². The number of aromatic nitrogens is 1. The predicted molar refractivity (Wildman–Crippen MR) is 153 cm³/mol. The van der Waals surface area contributed by atoms with Crippen molar-refractivity contribution in [3.05, 3.63) is 119 Å². The number of phenols is 1. The van der Waals surface area contributed by atoms with Crippen molar-refractivity contribution in [1.29, 1.82) is 0 Å². The summed E-state index contributed by atoms with van der Waals surface area (Å²) in [5.41, 5.74) is 7.02. The summed E-state index contributed by atoms with van der Waals surface area (Å²) in [5.74, 6) is -0.0148. The average molecular weight is 540 g/mol. The molecule has 0 saturated carbocycles. The minimum atomic E-state index is -3.84. The van der Waals surface area contributed by atoms with Gasteiger partial charge in [-0.1, -0.05) is 54.6 Å². The molecule has 7 nitrogen and oxygen atoms in total. The van der Waals surface area contributed by atoms with Crippen LogP contribution in [0.1, 0.15) is 32.7 Å². The van der Waals surface area contributed by atoms with Crippen molar-refractivity contribution in [1.82, 2.24) is 9.88 Å². The fraction of sp³-hybridized carbons (Fsp3) is 0.129. The summed E-state index contributed by atoms with van der Waals surface area (Å²) in [6.45, 7) is 5.06. The van der Waals surface area contributed by atoms with Crippen LogP contribution in [-0.2, 0) is 23.1 Å². The second-order valence-electron chi connectivity index (χ2n) is 9.62. The maximum atomic E-state index is 12.8. The molecule has 1 amide bonds. The van der Waals surface area contributed by atoms with E-state index in [1.807, 2.05) is 48.5 Å². The summed E-state index contributed by atoms with van der Waals surface area (Å²) < 4.78 is 26.3. The molecule has 8 heteroatoms. The first-order chi connectivity index (χ1) is 18.6. The molecule has 5 aromatic rings. The highest BCUT2D eigenvalue weighted by Crippen LogP contribution is 2.29. The standard InChI is InChI=1S/C31H29N3O4S/c1-20-21(2)34(19-22-10-12-24(13-11-22)27-8-3-4-9-30(27)39(32,37)38)29-15-14-25(17-28(20)29)31(36)33-18-23-6-5-7-26(35)16-23/h3-17,35H,18-19H2,1-2H3,(H,33,36)(H2,32,37,38). The number of benzene rings is 4. The van der Waals surface area contributed by atoms with Crippen molar-refractivity contribution in [3.8, 4) is 16.9 Å². The number of carbonyl (C=O) groups is 1. The summed E-state index contributed by atoms with van der Waals surface area (Å²) in [7, 11) is -3.84. The molecule has 39 heavy (non-hydrogen) atoms. The van der Waals surface area contributed by atoms with Gasteiger partial charge in [-0.25, -0.2) is 13.6 Å². The van der Waals surface area contributed by atoms with Gasteiger partial charge in [-0.15, -0.1) is 0 Å². The van der Waals surface area contributed by atoms with Crippen LogP contribution in [0.5, 0.6) is 5.75 Å². The minimum Gasteiger partial charge on any atom is -0.508 e. The molecule has 1 heterocycles. The lowest BCUT2D eigenvalue weighted by atomic mass is 10.0. The SMILES string of the molecule is Cc1c(C)n(Cc2ccc(-c3ccccc3S(N)(=O)=O)cc2)c2ccc(C(=O)NCc3cccc(O)c3)cc12. The lowest BCUT2D eigenvalue weighted by Gasteiger charge is -2.12. The van der Waals surface area contributed by atoms with Crippen LogP contribution in [0.2, 0.25) is 0 Å². The molecule has 0 fully saturated rings. The number of aryl methyl sites for hydroxylation is 1. The van der Waals surface area contributed by atoms with E-state index in [1.54, 1.807) is 36.4 Å². The summed E-state index contributed by atoms with van der Waals surface area (Å²) in [5, 5.41) is 19.0. The van der Waals surface area contributed by atoms with Crippen LogP contribution >= 0.6 is 0 Å². The van der Waals surface area contributed by atoms with Crippen LogP contribution in [0.3, 0.4) is 0 Å². The van der Waals surface area contributed by atoms with Gasteiger partial charge in [0, 0.05) is 40.8 Å². The van der Waals surface area contributed by atoms with Gasteiger partial charge in [0.15, 0.2) is 0 Å². The number of nitrogens with zero attached hydrogens (tertiary/aromatic N) is 1. The van der Waals surface area contributed by atoms with Gasteiger partial charge < -0.3 is 15.0 Å². The summed E-state index contributed by atoms with van der Waals surface area (Å²) in [6, 6.07) is 27.0. The third-order valence-electron chi connectivity index (χ3n) is 7.06. The zero-order chi connectivity index (χ0) is 27.7. The van der Waals surface area contributed by atoms with E-state index in [4.69, 9.17) is 5.14 Å². The number of hydrogen-bond acceptors (Lipinski definition) is 4. The highest BCUT2D eigenvalue weighted by atomic mass is 32.2. The van der Waals surface area contributed by atoms with Crippen LogP contribution < -0.4 is 10.5 Å². The highest BCUT2D eigenvalue weighted by molar-refractivity contribution is 7.89. The van der Waals surface area contributed by atoms with Crippen LogP contribution in [-0.4, -0.2) is 24.0 Å². The second-order valence-corrected chi connectivity index (χ2v) is 11.1. The van der Waals surface area contributed by atoms with Gasteiger partial charge in [-0.3, -0.25) is 4.79 Å². The third kappa shape index (κ3) is 5.43. The predicted octanol–water partition coefficient (Wildman–Crippen LogP) is 5.26. The van der Waals surface area contributed by atoms with Gasteiger partial charge in [0.05, 0.1) is 4.90 Å². The van der Waals surface area contributed by atoms with Crippen molar-refractivity contribution in [2.75, 3.05) is 0 Å². The Morgan fingerprint density at radius 1 is 0.897 bits per heavy atom. The molecular formula is C31H29N3O4S. The molecule has 198 valence electrons. The lowest BCUT2D eigenvalue weighted by Crippen LogP contribution is -2.22. The largest absolute Gasteiger partial charge is 0.508 e. The normalized spacial score (nSPS) is 11.6. The minimum absolute atomic E-state index is 0.0994. The number of amides is 1. The van der Waals surface area contributed by atoms with Gasteiger partial charge >= 0.3 is 0 Å². The maximum absolute atomic E-state index is 12.8. The summed E-state index contributed by atoms with van der Waals surface area (Å²) >= 11 is 0. The molecule has 0 aliphatic carbocycles. The summed E-state index contributed by atoms with van der Waals surface area (Å²) in [6.07, 6.45) is 0. The number of nitrogens with two attached hydrogens (primary N) is 1. The number of hydrogen-bond donors (Lipinski definition) is 3. The monoisotopic (exact) mass is 539 g/mol. The maximum Gasteiger partial charge on any atom is 0.251 e. The first kappa shape index (κ1) is 26.2.